The third-order valence-corrected chi connectivity index (χ3v) is 2.89. The monoisotopic (exact) mass is 219 g/mol. The van der Waals surface area contributed by atoms with Crippen LogP contribution in [0, 0.1) is 6.92 Å². The first-order valence-electron chi connectivity index (χ1n) is 5.50. The van der Waals surface area contributed by atoms with Gasteiger partial charge in [-0.3, -0.25) is 9.78 Å². The molecule has 0 atom stereocenters. The third-order valence-electron chi connectivity index (χ3n) is 2.89. The van der Waals surface area contributed by atoms with Crippen LogP contribution >= 0.6 is 0 Å². The van der Waals surface area contributed by atoms with E-state index in [4.69, 9.17) is 0 Å². The number of aryl methyl sites for hydroxylation is 1. The number of pyridine rings is 1. The van der Waals surface area contributed by atoms with Crippen LogP contribution in [0.25, 0.3) is 0 Å². The first-order valence-corrected chi connectivity index (χ1v) is 5.50. The van der Waals surface area contributed by atoms with Crippen molar-refractivity contribution in [1.82, 2.24) is 10.3 Å². The molecule has 0 aliphatic carbocycles. The maximum Gasteiger partial charge on any atom is 0.246 e. The van der Waals surface area contributed by atoms with E-state index >= 15 is 0 Å². The van der Waals surface area contributed by atoms with Crippen molar-refractivity contribution in [2.24, 2.45) is 0 Å². The van der Waals surface area contributed by atoms with Gasteiger partial charge < -0.3 is 10.2 Å². The Hall–Kier alpha value is -1.42. The fourth-order valence-electron chi connectivity index (χ4n) is 1.86. The van der Waals surface area contributed by atoms with E-state index in [0.717, 1.165) is 17.9 Å². The molecular weight excluding hydrogens is 202 g/mol. The molecule has 0 radical (unpaired) electrons. The topological polar surface area (TPSA) is 45.2 Å². The number of hydrogen-bond donors (Lipinski definition) is 1. The van der Waals surface area contributed by atoms with E-state index in [-0.39, 0.29) is 5.91 Å². The normalized spacial score (nSPS) is 19.9. The highest BCUT2D eigenvalue weighted by molar-refractivity contribution is 6.00. The van der Waals surface area contributed by atoms with Gasteiger partial charge in [-0.05, 0) is 32.9 Å². The molecule has 1 aromatic heterocycles. The van der Waals surface area contributed by atoms with Crippen LogP contribution in [0.1, 0.15) is 19.5 Å². The quantitative estimate of drug-likeness (QED) is 0.769. The molecule has 1 saturated heterocycles. The highest BCUT2D eigenvalue weighted by Crippen LogP contribution is 2.20. The second kappa shape index (κ2) is 3.87. The third kappa shape index (κ3) is 1.93. The number of piperazine rings is 1. The summed E-state index contributed by atoms with van der Waals surface area (Å²) in [4.78, 5) is 18.2. The Labute approximate surface area is 95.7 Å². The molecule has 16 heavy (non-hydrogen) atoms. The van der Waals surface area contributed by atoms with Crippen LogP contribution < -0.4 is 10.2 Å². The fourth-order valence-corrected chi connectivity index (χ4v) is 1.86. The van der Waals surface area contributed by atoms with Crippen LogP contribution in [0.4, 0.5) is 5.69 Å². The zero-order chi connectivity index (χ0) is 11.8. The number of anilines is 1. The van der Waals surface area contributed by atoms with Crippen LogP contribution in [-0.4, -0.2) is 29.5 Å². The number of nitrogens with one attached hydrogen (secondary N) is 1. The Balaban J connectivity index is 2.27. The van der Waals surface area contributed by atoms with Crippen molar-refractivity contribution in [2.75, 3.05) is 18.0 Å². The Morgan fingerprint density at radius 3 is 2.81 bits per heavy atom. The van der Waals surface area contributed by atoms with Crippen LogP contribution in [0.2, 0.25) is 0 Å². The highest BCUT2D eigenvalue weighted by atomic mass is 16.2. The molecule has 2 heterocycles. The summed E-state index contributed by atoms with van der Waals surface area (Å²) in [5, 5.41) is 3.21. The van der Waals surface area contributed by atoms with E-state index in [1.165, 1.54) is 0 Å². The summed E-state index contributed by atoms with van der Waals surface area (Å²) >= 11 is 0. The minimum absolute atomic E-state index is 0.101. The number of aromatic nitrogens is 1. The van der Waals surface area contributed by atoms with Gasteiger partial charge >= 0.3 is 0 Å². The minimum atomic E-state index is -0.483. The Morgan fingerprint density at radius 1 is 1.44 bits per heavy atom. The summed E-state index contributed by atoms with van der Waals surface area (Å²) in [6, 6.07) is 3.87. The Kier molecular flexibility index (Phi) is 2.68. The van der Waals surface area contributed by atoms with Gasteiger partial charge in [-0.25, -0.2) is 0 Å². The zero-order valence-corrected chi connectivity index (χ0v) is 9.95. The molecule has 1 fully saturated rings. The van der Waals surface area contributed by atoms with Crippen molar-refractivity contribution in [3.63, 3.8) is 0 Å². The molecule has 1 amide bonds. The van der Waals surface area contributed by atoms with E-state index in [0.29, 0.717) is 6.54 Å². The van der Waals surface area contributed by atoms with Gasteiger partial charge in [-0.2, -0.15) is 0 Å². The highest BCUT2D eigenvalue weighted by Gasteiger charge is 2.35. The first kappa shape index (κ1) is 11.1. The number of carbonyl (C=O) groups is 1. The molecule has 4 heteroatoms. The largest absolute Gasteiger partial charge is 0.308 e. The lowest BCUT2D eigenvalue weighted by molar-refractivity contribution is -0.124. The standard InChI is InChI=1S/C12H17N3O/c1-9-4-5-10(8-13-9)15-7-6-14-12(2,3)11(15)16/h4-5,8,14H,6-7H2,1-3H3. The second-order valence-electron chi connectivity index (χ2n) is 4.67. The molecule has 0 unspecified atom stereocenters. The molecule has 0 aromatic carbocycles. The van der Waals surface area contributed by atoms with Gasteiger partial charge in [0.05, 0.1) is 17.4 Å². The van der Waals surface area contributed by atoms with Crippen molar-refractivity contribution in [3.05, 3.63) is 24.0 Å². The minimum Gasteiger partial charge on any atom is -0.308 e. The summed E-state index contributed by atoms with van der Waals surface area (Å²) in [7, 11) is 0. The maximum absolute atomic E-state index is 12.2. The second-order valence-corrected chi connectivity index (χ2v) is 4.67. The summed E-state index contributed by atoms with van der Waals surface area (Å²) < 4.78 is 0. The number of rotatable bonds is 1. The van der Waals surface area contributed by atoms with Crippen LogP contribution in [0.3, 0.4) is 0 Å². The molecule has 4 nitrogen and oxygen atoms in total. The lowest BCUT2D eigenvalue weighted by Gasteiger charge is -2.37. The van der Waals surface area contributed by atoms with Gasteiger partial charge in [0.1, 0.15) is 0 Å². The predicted molar refractivity (Wildman–Crippen MR) is 63.4 cm³/mol. The van der Waals surface area contributed by atoms with Gasteiger partial charge in [0.15, 0.2) is 0 Å². The molecule has 1 aliphatic heterocycles. The van der Waals surface area contributed by atoms with Crippen LogP contribution in [0.5, 0.6) is 0 Å². The van der Waals surface area contributed by atoms with Gasteiger partial charge in [0.2, 0.25) is 5.91 Å². The first-order chi connectivity index (χ1) is 7.50. The number of amides is 1. The Bertz CT molecular complexity index is 397. The predicted octanol–water partition coefficient (Wildman–Crippen LogP) is 1.10. The van der Waals surface area contributed by atoms with Crippen LogP contribution in [0.15, 0.2) is 18.3 Å². The van der Waals surface area contributed by atoms with Crippen LogP contribution in [-0.2, 0) is 4.79 Å². The zero-order valence-electron chi connectivity index (χ0n) is 9.95. The lowest BCUT2D eigenvalue weighted by atomic mass is 10.0. The average Bonchev–Trinajstić information content (AvgIpc) is 2.24. The molecule has 2 rings (SSSR count). The average molecular weight is 219 g/mol. The smallest absolute Gasteiger partial charge is 0.246 e. The molecule has 1 N–H and O–H groups in total. The molecule has 86 valence electrons. The van der Waals surface area contributed by atoms with Gasteiger partial charge in [0.25, 0.3) is 0 Å². The molecule has 1 aliphatic rings. The van der Waals surface area contributed by atoms with Gasteiger partial charge in [-0.15, -0.1) is 0 Å². The van der Waals surface area contributed by atoms with Crippen molar-refractivity contribution in [2.45, 2.75) is 26.3 Å². The number of carbonyl (C=O) groups excluding carboxylic acids is 1. The summed E-state index contributed by atoms with van der Waals surface area (Å²) in [5.74, 6) is 0.101. The van der Waals surface area contributed by atoms with Crippen molar-refractivity contribution in [1.29, 1.82) is 0 Å². The van der Waals surface area contributed by atoms with E-state index in [1.807, 2.05) is 32.9 Å². The van der Waals surface area contributed by atoms with Gasteiger partial charge in [0, 0.05) is 18.8 Å². The molecule has 0 bridgehead atoms. The fraction of sp³-hybridized carbons (Fsp3) is 0.500. The van der Waals surface area contributed by atoms with Crippen molar-refractivity contribution in [3.8, 4) is 0 Å². The van der Waals surface area contributed by atoms with Crippen molar-refractivity contribution < 1.29 is 4.79 Å². The molecule has 0 spiro atoms. The van der Waals surface area contributed by atoms with E-state index in [1.54, 1.807) is 11.1 Å². The number of hydrogen-bond acceptors (Lipinski definition) is 3. The molecule has 0 saturated carbocycles. The van der Waals surface area contributed by atoms with E-state index < -0.39 is 5.54 Å². The Morgan fingerprint density at radius 2 is 2.19 bits per heavy atom. The lowest BCUT2D eigenvalue weighted by Crippen LogP contribution is -2.61. The molecular formula is C12H17N3O. The van der Waals surface area contributed by atoms with Gasteiger partial charge in [-0.1, -0.05) is 0 Å². The van der Waals surface area contributed by atoms with Crippen molar-refractivity contribution >= 4 is 11.6 Å². The summed E-state index contributed by atoms with van der Waals surface area (Å²) in [5.41, 5.74) is 1.36. The SMILES string of the molecule is Cc1ccc(N2CCNC(C)(C)C2=O)cn1. The summed E-state index contributed by atoms with van der Waals surface area (Å²) in [6.45, 7) is 7.26. The van der Waals surface area contributed by atoms with E-state index in [9.17, 15) is 4.79 Å². The van der Waals surface area contributed by atoms with E-state index in [2.05, 4.69) is 10.3 Å². The molecule has 1 aromatic rings. The maximum atomic E-state index is 12.2. The number of nitrogens with zero attached hydrogens (tertiary/aromatic N) is 2. The summed E-state index contributed by atoms with van der Waals surface area (Å²) in [6.07, 6.45) is 1.76.